The van der Waals surface area contributed by atoms with Crippen LogP contribution in [0.1, 0.15) is 27.7 Å². The fourth-order valence-electron chi connectivity index (χ4n) is 0.828. The van der Waals surface area contributed by atoms with E-state index in [4.69, 9.17) is 11.1 Å². The molecule has 0 aliphatic carbocycles. The van der Waals surface area contributed by atoms with Crippen molar-refractivity contribution in [2.24, 2.45) is 17.2 Å². The third-order valence-electron chi connectivity index (χ3n) is 2.15. The van der Waals surface area contributed by atoms with Gasteiger partial charge in [0.1, 0.15) is 0 Å². The normalized spacial score (nSPS) is 15.2. The number of rotatable bonds is 2. The van der Waals surface area contributed by atoms with Gasteiger partial charge in [0.05, 0.1) is 6.07 Å². The third-order valence-corrected chi connectivity index (χ3v) is 2.15. The Morgan fingerprint density at radius 3 is 2.33 bits per heavy atom. The van der Waals surface area contributed by atoms with Crippen molar-refractivity contribution in [2.75, 3.05) is 0 Å². The predicted molar refractivity (Wildman–Crippen MR) is 49.6 cm³/mol. The van der Waals surface area contributed by atoms with Gasteiger partial charge >= 0.3 is 0 Å². The van der Waals surface area contributed by atoms with Crippen LogP contribution in [0.2, 0.25) is 0 Å². The lowest BCUT2D eigenvalue weighted by atomic mass is 9.80. The molecule has 0 rings (SSSR count). The zero-order valence-electron chi connectivity index (χ0n) is 8.18. The van der Waals surface area contributed by atoms with Crippen molar-refractivity contribution >= 4 is 0 Å². The number of nitrogens with one attached hydrogen (secondary N) is 1. The fourth-order valence-corrected chi connectivity index (χ4v) is 0.828. The van der Waals surface area contributed by atoms with E-state index in [0.717, 1.165) is 5.70 Å². The number of allylic oxidation sites excluding steroid dienone is 2. The molecule has 0 bridgehead atoms. The summed E-state index contributed by atoms with van der Waals surface area (Å²) in [5.74, 6) is 5.54. The van der Waals surface area contributed by atoms with Gasteiger partial charge in [-0.1, -0.05) is 27.7 Å². The molecule has 0 fully saturated rings. The van der Waals surface area contributed by atoms with Gasteiger partial charge in [-0.05, 0) is 5.41 Å². The second-order valence-electron chi connectivity index (χ2n) is 3.96. The maximum atomic E-state index is 8.46. The van der Waals surface area contributed by atoms with Gasteiger partial charge in [-0.25, -0.2) is 0 Å². The van der Waals surface area contributed by atoms with Gasteiger partial charge in [0.15, 0.2) is 0 Å². The molecule has 12 heavy (non-hydrogen) atoms. The number of nitriles is 1. The van der Waals surface area contributed by atoms with E-state index in [1.165, 1.54) is 6.08 Å². The minimum atomic E-state index is 0.120. The third kappa shape index (κ3) is 2.93. The van der Waals surface area contributed by atoms with E-state index in [0.29, 0.717) is 0 Å². The SMILES string of the molecule is CC(/C(=C/C#N)NN)C(C)(C)C. The Kier molecular flexibility index (Phi) is 3.78. The number of hydrogen-bond acceptors (Lipinski definition) is 3. The van der Waals surface area contributed by atoms with Crippen molar-refractivity contribution in [2.45, 2.75) is 27.7 Å². The molecule has 0 heterocycles. The van der Waals surface area contributed by atoms with Crippen LogP contribution in [0.3, 0.4) is 0 Å². The molecule has 0 aromatic heterocycles. The molecule has 3 N–H and O–H groups in total. The Bertz CT molecular complexity index is 205. The molecule has 0 aromatic carbocycles. The maximum Gasteiger partial charge on any atom is 0.0930 e. The average Bonchev–Trinajstić information content (AvgIpc) is 1.97. The van der Waals surface area contributed by atoms with Crippen molar-refractivity contribution in [3.63, 3.8) is 0 Å². The molecule has 0 spiro atoms. The van der Waals surface area contributed by atoms with Gasteiger partial charge in [-0.2, -0.15) is 5.26 Å². The van der Waals surface area contributed by atoms with E-state index < -0.39 is 0 Å². The highest BCUT2D eigenvalue weighted by molar-refractivity contribution is 5.15. The molecule has 1 atom stereocenters. The van der Waals surface area contributed by atoms with Crippen LogP contribution >= 0.6 is 0 Å². The summed E-state index contributed by atoms with van der Waals surface area (Å²) in [6, 6.07) is 1.97. The summed E-state index contributed by atoms with van der Waals surface area (Å²) < 4.78 is 0. The molecule has 1 unspecified atom stereocenters. The first kappa shape index (κ1) is 11.0. The minimum Gasteiger partial charge on any atom is -0.327 e. The molecular formula is C9H17N3. The monoisotopic (exact) mass is 167 g/mol. The molecule has 0 radical (unpaired) electrons. The molecular weight excluding hydrogens is 150 g/mol. The predicted octanol–water partition coefficient (Wildman–Crippen LogP) is 1.54. The highest BCUT2D eigenvalue weighted by Crippen LogP contribution is 2.29. The minimum absolute atomic E-state index is 0.120. The molecule has 0 aliphatic heterocycles. The van der Waals surface area contributed by atoms with E-state index in [1.54, 1.807) is 0 Å². The van der Waals surface area contributed by atoms with Crippen LogP contribution in [0.4, 0.5) is 0 Å². The van der Waals surface area contributed by atoms with Crippen molar-refractivity contribution in [1.82, 2.24) is 5.43 Å². The first-order valence-electron chi connectivity index (χ1n) is 3.99. The summed E-state index contributed by atoms with van der Waals surface area (Å²) in [6.07, 6.45) is 1.45. The molecule has 3 nitrogen and oxygen atoms in total. The Labute approximate surface area is 74.2 Å². The molecule has 0 saturated heterocycles. The smallest absolute Gasteiger partial charge is 0.0930 e. The second-order valence-corrected chi connectivity index (χ2v) is 3.96. The first-order chi connectivity index (χ1) is 5.43. The highest BCUT2D eigenvalue weighted by Gasteiger charge is 2.22. The van der Waals surface area contributed by atoms with Crippen molar-refractivity contribution in [3.8, 4) is 6.07 Å². The van der Waals surface area contributed by atoms with E-state index in [9.17, 15) is 0 Å². The average molecular weight is 167 g/mol. The molecule has 3 heteroatoms. The van der Waals surface area contributed by atoms with E-state index in [1.807, 2.05) is 13.0 Å². The lowest BCUT2D eigenvalue weighted by Crippen LogP contribution is -2.31. The van der Waals surface area contributed by atoms with Crippen LogP contribution in [-0.2, 0) is 0 Å². The number of hydrazine groups is 1. The lowest BCUT2D eigenvalue weighted by Gasteiger charge is -2.28. The van der Waals surface area contributed by atoms with Gasteiger partial charge in [0, 0.05) is 17.7 Å². The Morgan fingerprint density at radius 1 is 1.58 bits per heavy atom. The lowest BCUT2D eigenvalue weighted by molar-refractivity contribution is 0.289. The standard InChI is InChI=1S/C9H17N3/c1-7(9(2,3)4)8(12-11)5-6-10/h5,7,12H,11H2,1-4H3/b8-5-. The van der Waals surface area contributed by atoms with E-state index >= 15 is 0 Å². The van der Waals surface area contributed by atoms with Crippen LogP contribution in [0.15, 0.2) is 11.8 Å². The number of hydrogen-bond donors (Lipinski definition) is 2. The second kappa shape index (κ2) is 4.13. The van der Waals surface area contributed by atoms with Crippen molar-refractivity contribution in [3.05, 3.63) is 11.8 Å². The molecule has 0 amide bonds. The molecule has 0 saturated carbocycles. The summed E-state index contributed by atoms with van der Waals surface area (Å²) >= 11 is 0. The summed E-state index contributed by atoms with van der Waals surface area (Å²) in [5, 5.41) is 8.46. The van der Waals surface area contributed by atoms with Gasteiger partial charge < -0.3 is 5.43 Å². The van der Waals surface area contributed by atoms with Gasteiger partial charge in [0.2, 0.25) is 0 Å². The maximum absolute atomic E-state index is 8.46. The topological polar surface area (TPSA) is 61.8 Å². The van der Waals surface area contributed by atoms with Crippen molar-refractivity contribution in [1.29, 1.82) is 5.26 Å². The van der Waals surface area contributed by atoms with Gasteiger partial charge in [-0.3, -0.25) is 5.84 Å². The van der Waals surface area contributed by atoms with Crippen LogP contribution < -0.4 is 11.3 Å². The van der Waals surface area contributed by atoms with Crippen LogP contribution in [0.5, 0.6) is 0 Å². The van der Waals surface area contributed by atoms with Crippen molar-refractivity contribution < 1.29 is 0 Å². The van der Waals surface area contributed by atoms with Gasteiger partial charge in [0.25, 0.3) is 0 Å². The van der Waals surface area contributed by atoms with Crippen LogP contribution in [-0.4, -0.2) is 0 Å². The van der Waals surface area contributed by atoms with Crippen LogP contribution in [0.25, 0.3) is 0 Å². The Hall–Kier alpha value is -1.01. The molecule has 0 aliphatic rings. The number of nitrogens with two attached hydrogens (primary N) is 1. The largest absolute Gasteiger partial charge is 0.327 e. The molecule has 68 valence electrons. The van der Waals surface area contributed by atoms with Crippen LogP contribution in [0, 0.1) is 22.7 Å². The summed E-state index contributed by atoms with van der Waals surface area (Å²) in [4.78, 5) is 0. The quantitative estimate of drug-likeness (QED) is 0.372. The van der Waals surface area contributed by atoms with E-state index in [2.05, 4.69) is 26.2 Å². The highest BCUT2D eigenvalue weighted by atomic mass is 15.2. The van der Waals surface area contributed by atoms with E-state index in [-0.39, 0.29) is 11.3 Å². The van der Waals surface area contributed by atoms with Gasteiger partial charge in [-0.15, -0.1) is 0 Å². The molecule has 0 aromatic rings. The zero-order valence-corrected chi connectivity index (χ0v) is 8.18. The summed E-state index contributed by atoms with van der Waals surface area (Å²) in [5.41, 5.74) is 3.45. The summed E-state index contributed by atoms with van der Waals surface area (Å²) in [6.45, 7) is 8.38. The number of nitrogens with zero attached hydrogens (tertiary/aromatic N) is 1. The Balaban J connectivity index is 4.57. The first-order valence-corrected chi connectivity index (χ1v) is 3.99. The zero-order chi connectivity index (χ0) is 9.78. The Morgan fingerprint density at radius 2 is 2.08 bits per heavy atom. The fraction of sp³-hybridized carbons (Fsp3) is 0.667. The summed E-state index contributed by atoms with van der Waals surface area (Å²) in [7, 11) is 0.